The van der Waals surface area contributed by atoms with E-state index in [0.717, 1.165) is 0 Å². The molecule has 5 nitrogen and oxygen atoms in total. The quantitative estimate of drug-likeness (QED) is 0.828. The molecule has 0 atom stereocenters. The number of carbonyl (C=O) groups excluding carboxylic acids is 1. The van der Waals surface area contributed by atoms with Crippen LogP contribution in [0.25, 0.3) is 0 Å². The third kappa shape index (κ3) is 2.03. The Morgan fingerprint density at radius 3 is 3.00 bits per heavy atom. The standard InChI is InChI=1S/C11H12ClNO4/c1-13-4-7(14)6-3-8-11(17-5-16-8)9(12)10(6)15-2/h3,13H,4-5H2,1-2H3. The fourth-order valence-electron chi connectivity index (χ4n) is 1.65. The Bertz CT molecular complexity index is 461. The third-order valence-electron chi connectivity index (χ3n) is 2.40. The third-order valence-corrected chi connectivity index (χ3v) is 2.75. The van der Waals surface area contributed by atoms with Gasteiger partial charge in [0.1, 0.15) is 5.02 Å². The molecule has 6 heteroatoms. The van der Waals surface area contributed by atoms with Crippen LogP contribution in [0.3, 0.4) is 0 Å². The van der Waals surface area contributed by atoms with Crippen LogP contribution in [0.4, 0.5) is 0 Å². The molecule has 1 heterocycles. The summed E-state index contributed by atoms with van der Waals surface area (Å²) in [6, 6.07) is 1.59. The normalized spacial score (nSPS) is 12.6. The number of benzene rings is 1. The van der Waals surface area contributed by atoms with Gasteiger partial charge in [-0.1, -0.05) is 11.6 Å². The fourth-order valence-corrected chi connectivity index (χ4v) is 1.97. The van der Waals surface area contributed by atoms with Crippen molar-refractivity contribution in [3.63, 3.8) is 0 Å². The van der Waals surface area contributed by atoms with Crippen molar-refractivity contribution in [2.45, 2.75) is 0 Å². The van der Waals surface area contributed by atoms with Gasteiger partial charge in [-0.15, -0.1) is 0 Å². The maximum atomic E-state index is 11.9. The summed E-state index contributed by atoms with van der Waals surface area (Å²) in [5.41, 5.74) is 0.385. The van der Waals surface area contributed by atoms with Gasteiger partial charge in [0.25, 0.3) is 0 Å². The summed E-state index contributed by atoms with van der Waals surface area (Å²) >= 11 is 6.10. The van der Waals surface area contributed by atoms with E-state index in [2.05, 4.69) is 5.32 Å². The lowest BCUT2D eigenvalue weighted by atomic mass is 10.1. The van der Waals surface area contributed by atoms with Gasteiger partial charge in [-0.25, -0.2) is 0 Å². The molecule has 0 saturated carbocycles. The first-order chi connectivity index (χ1) is 8.19. The van der Waals surface area contributed by atoms with Gasteiger partial charge in [-0.2, -0.15) is 0 Å². The van der Waals surface area contributed by atoms with E-state index in [1.54, 1.807) is 13.1 Å². The zero-order chi connectivity index (χ0) is 12.4. The largest absolute Gasteiger partial charge is 0.494 e. The molecular formula is C11H12ClNO4. The summed E-state index contributed by atoms with van der Waals surface area (Å²) in [5, 5.41) is 3.05. The van der Waals surface area contributed by atoms with Gasteiger partial charge in [0, 0.05) is 0 Å². The van der Waals surface area contributed by atoms with E-state index < -0.39 is 0 Å². The monoisotopic (exact) mass is 257 g/mol. The van der Waals surface area contributed by atoms with Crippen LogP contribution in [0.2, 0.25) is 5.02 Å². The average Bonchev–Trinajstić information content (AvgIpc) is 2.77. The molecule has 17 heavy (non-hydrogen) atoms. The summed E-state index contributed by atoms with van der Waals surface area (Å²) < 4.78 is 15.6. The summed E-state index contributed by atoms with van der Waals surface area (Å²) in [4.78, 5) is 11.9. The van der Waals surface area contributed by atoms with Crippen LogP contribution in [-0.4, -0.2) is 33.3 Å². The number of nitrogens with one attached hydrogen (secondary N) is 1. The second-order valence-electron chi connectivity index (χ2n) is 3.46. The molecule has 1 aromatic rings. The van der Waals surface area contributed by atoms with Crippen LogP contribution < -0.4 is 19.5 Å². The van der Waals surface area contributed by atoms with Crippen molar-refractivity contribution >= 4 is 17.4 Å². The van der Waals surface area contributed by atoms with Crippen LogP contribution in [-0.2, 0) is 0 Å². The lowest BCUT2D eigenvalue weighted by Gasteiger charge is -2.11. The Balaban J connectivity index is 2.51. The molecule has 2 rings (SSSR count). The van der Waals surface area contributed by atoms with Gasteiger partial charge in [0.15, 0.2) is 23.0 Å². The Kier molecular flexibility index (Phi) is 3.40. The second-order valence-corrected chi connectivity index (χ2v) is 3.84. The lowest BCUT2D eigenvalue weighted by Crippen LogP contribution is -2.19. The molecule has 0 aromatic heterocycles. The maximum absolute atomic E-state index is 11.9. The van der Waals surface area contributed by atoms with Crippen LogP contribution in [0.15, 0.2) is 6.07 Å². The molecule has 0 aliphatic carbocycles. The summed E-state index contributed by atoms with van der Waals surface area (Å²) in [5.74, 6) is 1.08. The van der Waals surface area contributed by atoms with E-state index in [4.69, 9.17) is 25.8 Å². The number of methoxy groups -OCH3 is 1. The van der Waals surface area contributed by atoms with Crippen molar-refractivity contribution < 1.29 is 19.0 Å². The summed E-state index contributed by atoms with van der Waals surface area (Å²) in [7, 11) is 3.15. The van der Waals surface area contributed by atoms with E-state index in [-0.39, 0.29) is 24.1 Å². The topological polar surface area (TPSA) is 56.8 Å². The predicted molar refractivity (Wildman–Crippen MR) is 62.4 cm³/mol. The Morgan fingerprint density at radius 2 is 2.35 bits per heavy atom. The van der Waals surface area contributed by atoms with Crippen molar-refractivity contribution in [3.8, 4) is 17.2 Å². The zero-order valence-electron chi connectivity index (χ0n) is 9.50. The van der Waals surface area contributed by atoms with Crippen molar-refractivity contribution in [2.24, 2.45) is 0 Å². The highest BCUT2D eigenvalue weighted by molar-refractivity contribution is 6.34. The smallest absolute Gasteiger partial charge is 0.231 e. The van der Waals surface area contributed by atoms with Crippen LogP contribution in [0.5, 0.6) is 17.2 Å². The number of ether oxygens (including phenoxy) is 3. The highest BCUT2D eigenvalue weighted by Gasteiger charge is 2.26. The Labute approximate surface area is 104 Å². The molecule has 0 spiro atoms. The molecule has 1 aliphatic rings. The molecule has 92 valence electrons. The van der Waals surface area contributed by atoms with Crippen molar-refractivity contribution in [1.29, 1.82) is 0 Å². The number of carbonyl (C=O) groups is 1. The van der Waals surface area contributed by atoms with E-state index in [9.17, 15) is 4.79 Å². The van der Waals surface area contributed by atoms with Gasteiger partial charge in [0.2, 0.25) is 6.79 Å². The van der Waals surface area contributed by atoms with E-state index in [0.29, 0.717) is 22.8 Å². The molecule has 1 N–H and O–H groups in total. The van der Waals surface area contributed by atoms with E-state index in [1.807, 2.05) is 0 Å². The maximum Gasteiger partial charge on any atom is 0.231 e. The summed E-state index contributed by atoms with van der Waals surface area (Å²) in [6.07, 6.45) is 0. The molecule has 0 fully saturated rings. The molecule has 0 amide bonds. The highest BCUT2D eigenvalue weighted by Crippen LogP contribution is 2.46. The molecule has 0 unspecified atom stereocenters. The van der Waals surface area contributed by atoms with E-state index in [1.165, 1.54) is 7.11 Å². The Hall–Kier alpha value is -1.46. The van der Waals surface area contributed by atoms with Crippen molar-refractivity contribution in [2.75, 3.05) is 27.5 Å². The number of hydrogen-bond acceptors (Lipinski definition) is 5. The number of ketones is 1. The number of halogens is 1. The number of likely N-dealkylation sites (N-methyl/N-ethyl adjacent to an activating group) is 1. The number of hydrogen-bond donors (Lipinski definition) is 1. The first kappa shape index (κ1) is 12.0. The van der Waals surface area contributed by atoms with Gasteiger partial charge < -0.3 is 19.5 Å². The van der Waals surface area contributed by atoms with Crippen LogP contribution in [0.1, 0.15) is 10.4 Å². The van der Waals surface area contributed by atoms with Crippen molar-refractivity contribution in [3.05, 3.63) is 16.7 Å². The predicted octanol–water partition coefficient (Wildman–Crippen LogP) is 1.48. The Morgan fingerprint density at radius 1 is 1.59 bits per heavy atom. The zero-order valence-corrected chi connectivity index (χ0v) is 10.3. The number of Topliss-reactive ketones (excluding diaryl/α,β-unsaturated/α-hetero) is 1. The lowest BCUT2D eigenvalue weighted by molar-refractivity contribution is 0.0990. The second kappa shape index (κ2) is 4.81. The molecule has 1 aliphatic heterocycles. The molecule has 1 aromatic carbocycles. The minimum absolute atomic E-state index is 0.0991. The SMILES string of the molecule is CNCC(=O)c1cc2c(c(Cl)c1OC)OCO2. The van der Waals surface area contributed by atoms with Gasteiger partial charge in [-0.3, -0.25) is 4.79 Å². The number of rotatable bonds is 4. The first-order valence-electron chi connectivity index (χ1n) is 5.03. The molecular weight excluding hydrogens is 246 g/mol. The average molecular weight is 258 g/mol. The van der Waals surface area contributed by atoms with Crippen LogP contribution in [0, 0.1) is 0 Å². The fraction of sp³-hybridized carbons (Fsp3) is 0.364. The van der Waals surface area contributed by atoms with Gasteiger partial charge in [0.05, 0.1) is 19.2 Å². The van der Waals surface area contributed by atoms with Gasteiger partial charge >= 0.3 is 0 Å². The number of fused-ring (bicyclic) bond motifs is 1. The minimum atomic E-state index is -0.121. The summed E-state index contributed by atoms with van der Waals surface area (Å²) in [6.45, 7) is 0.300. The highest BCUT2D eigenvalue weighted by atomic mass is 35.5. The molecule has 0 radical (unpaired) electrons. The van der Waals surface area contributed by atoms with Crippen LogP contribution >= 0.6 is 11.6 Å². The first-order valence-corrected chi connectivity index (χ1v) is 5.40. The van der Waals surface area contributed by atoms with E-state index >= 15 is 0 Å². The van der Waals surface area contributed by atoms with Gasteiger partial charge in [-0.05, 0) is 13.1 Å². The molecule has 0 bridgehead atoms. The molecule has 0 saturated heterocycles. The minimum Gasteiger partial charge on any atom is -0.494 e. The van der Waals surface area contributed by atoms with Crippen molar-refractivity contribution in [1.82, 2.24) is 5.32 Å².